The van der Waals surface area contributed by atoms with Crippen LogP contribution in [0, 0.1) is 6.92 Å². The lowest BCUT2D eigenvalue weighted by molar-refractivity contribution is -0.133. The number of carbonyl (C=O) groups excluding carboxylic acids is 1. The van der Waals surface area contributed by atoms with Gasteiger partial charge in [0.1, 0.15) is 0 Å². The lowest BCUT2D eigenvalue weighted by Crippen LogP contribution is -2.43. The van der Waals surface area contributed by atoms with Gasteiger partial charge in [0.25, 0.3) is 0 Å². The van der Waals surface area contributed by atoms with Crippen LogP contribution < -0.4 is 19.5 Å². The maximum Gasteiger partial charge on any atom is 0.325 e. The summed E-state index contributed by atoms with van der Waals surface area (Å²) < 4.78 is 16.2. The highest BCUT2D eigenvalue weighted by atomic mass is 31.0. The first-order valence-electron chi connectivity index (χ1n) is 10.4. The van der Waals surface area contributed by atoms with Gasteiger partial charge in [-0.25, -0.2) is 0 Å². The molecule has 2 rings (SSSR count). The average molecular weight is 412 g/mol. The van der Waals surface area contributed by atoms with Crippen LogP contribution in [0.25, 0.3) is 0 Å². The van der Waals surface area contributed by atoms with Crippen LogP contribution >= 0.6 is 9.24 Å². The molecule has 6 heteroatoms. The van der Waals surface area contributed by atoms with Crippen LogP contribution in [-0.2, 0) is 4.79 Å². The van der Waals surface area contributed by atoms with E-state index in [4.69, 9.17) is 14.2 Å². The molecular formula is C22H38NO4P. The Balaban J connectivity index is 0.00000122. The van der Waals surface area contributed by atoms with Gasteiger partial charge in [-0.15, -0.1) is 9.24 Å². The van der Waals surface area contributed by atoms with Crippen LogP contribution in [-0.4, -0.2) is 32.0 Å². The van der Waals surface area contributed by atoms with Gasteiger partial charge in [-0.05, 0) is 37.5 Å². The highest BCUT2D eigenvalue weighted by Crippen LogP contribution is 2.38. The third-order valence-electron chi connectivity index (χ3n) is 4.65. The predicted octanol–water partition coefficient (Wildman–Crippen LogP) is 5.24. The number of esters is 1. The summed E-state index contributed by atoms with van der Waals surface area (Å²) >= 11 is 0. The van der Waals surface area contributed by atoms with Gasteiger partial charge >= 0.3 is 5.97 Å². The first-order valence-corrected chi connectivity index (χ1v) is 10.9. The average Bonchev–Trinajstić information content (AvgIpc) is 2.65. The second kappa shape index (κ2) is 13.0. The number of rotatable bonds is 6. The number of aryl methyl sites for hydroxylation is 1. The van der Waals surface area contributed by atoms with Crippen LogP contribution in [0.15, 0.2) is 12.1 Å². The molecule has 0 bridgehead atoms. The van der Waals surface area contributed by atoms with E-state index in [9.17, 15) is 4.79 Å². The van der Waals surface area contributed by atoms with Gasteiger partial charge < -0.3 is 14.2 Å². The Morgan fingerprint density at radius 3 is 1.96 bits per heavy atom. The molecule has 1 aliphatic rings. The largest absolute Gasteiger partial charge is 0.493 e. The van der Waals surface area contributed by atoms with Crippen molar-refractivity contribution in [3.63, 3.8) is 0 Å². The Morgan fingerprint density at radius 1 is 1.04 bits per heavy atom. The Morgan fingerprint density at radius 2 is 1.50 bits per heavy atom. The molecule has 160 valence electrons. The zero-order valence-corrected chi connectivity index (χ0v) is 19.4. The van der Waals surface area contributed by atoms with E-state index >= 15 is 0 Å². The van der Waals surface area contributed by atoms with E-state index in [1.165, 1.54) is 38.5 Å². The van der Waals surface area contributed by atoms with Crippen molar-refractivity contribution >= 4 is 15.2 Å². The fraction of sp³-hybridized carbons (Fsp3) is 0.682. The molecule has 0 aliphatic heterocycles. The Kier molecular flexibility index (Phi) is 11.5. The maximum absolute atomic E-state index is 12.4. The van der Waals surface area contributed by atoms with Crippen molar-refractivity contribution < 1.29 is 19.0 Å². The number of ether oxygens (including phenoxy) is 3. The second-order valence-electron chi connectivity index (χ2n) is 7.46. The smallest absolute Gasteiger partial charge is 0.325 e. The Hall–Kier alpha value is -1.32. The van der Waals surface area contributed by atoms with Crippen molar-refractivity contribution in [2.24, 2.45) is 0 Å². The Bertz CT molecular complexity index is 573. The molecule has 1 saturated carbocycles. The van der Waals surface area contributed by atoms with Crippen LogP contribution in [0.5, 0.6) is 17.2 Å². The second-order valence-corrected chi connectivity index (χ2v) is 8.56. The third kappa shape index (κ3) is 8.36. The number of carbonyl (C=O) groups is 1. The van der Waals surface area contributed by atoms with Crippen molar-refractivity contribution in [2.45, 2.75) is 77.4 Å². The predicted molar refractivity (Wildman–Crippen MR) is 119 cm³/mol. The van der Waals surface area contributed by atoms with Gasteiger partial charge in [0.05, 0.1) is 20.8 Å². The molecule has 0 radical (unpaired) electrons. The zero-order chi connectivity index (χ0) is 21.0. The minimum Gasteiger partial charge on any atom is -0.493 e. The number of hydrogen-bond acceptors (Lipinski definition) is 5. The van der Waals surface area contributed by atoms with Crippen LogP contribution in [0.2, 0.25) is 0 Å². The van der Waals surface area contributed by atoms with Crippen molar-refractivity contribution in [2.75, 3.05) is 20.8 Å². The van der Waals surface area contributed by atoms with Gasteiger partial charge in [-0.2, -0.15) is 0 Å². The van der Waals surface area contributed by atoms with E-state index < -0.39 is 0 Å². The number of nitrogens with one attached hydrogen (secondary N) is 1. The molecule has 5 nitrogen and oxygen atoms in total. The van der Waals surface area contributed by atoms with Gasteiger partial charge in [0.2, 0.25) is 5.75 Å². The molecule has 1 N–H and O–H groups in total. The normalized spacial score (nSPS) is 16.1. The van der Waals surface area contributed by atoms with Gasteiger partial charge in [0.15, 0.2) is 11.5 Å². The summed E-state index contributed by atoms with van der Waals surface area (Å²) in [6, 6.07) is 3.65. The minimum atomic E-state index is -0.343. The first-order chi connectivity index (χ1) is 13.4. The van der Waals surface area contributed by atoms with Gasteiger partial charge in [-0.1, -0.05) is 52.4 Å². The van der Waals surface area contributed by atoms with E-state index in [1.807, 2.05) is 19.1 Å². The lowest BCUT2D eigenvalue weighted by Gasteiger charge is -2.32. The zero-order valence-electron chi connectivity index (χ0n) is 18.2. The summed E-state index contributed by atoms with van der Waals surface area (Å²) in [4.78, 5) is 12.4. The summed E-state index contributed by atoms with van der Waals surface area (Å²) in [5.41, 5.74) is 0.977. The minimum absolute atomic E-state index is 0.0825. The van der Waals surface area contributed by atoms with E-state index in [-0.39, 0.29) is 17.8 Å². The molecule has 0 spiro atoms. The molecule has 1 aromatic rings. The highest BCUT2D eigenvalue weighted by Gasteiger charge is 2.26. The molecule has 0 aromatic heterocycles. The molecule has 1 unspecified atom stereocenters. The lowest BCUT2D eigenvalue weighted by atomic mass is 9.96. The van der Waals surface area contributed by atoms with Crippen LogP contribution in [0.1, 0.15) is 70.8 Å². The molecule has 28 heavy (non-hydrogen) atoms. The fourth-order valence-corrected chi connectivity index (χ4v) is 3.73. The number of benzene rings is 1. The van der Waals surface area contributed by atoms with Crippen LogP contribution in [0.4, 0.5) is 0 Å². The van der Waals surface area contributed by atoms with Crippen molar-refractivity contribution in [3.05, 3.63) is 17.7 Å². The van der Waals surface area contributed by atoms with Crippen LogP contribution in [0.3, 0.4) is 0 Å². The molecule has 1 atom stereocenters. The molecule has 1 aromatic carbocycles. The van der Waals surface area contributed by atoms with E-state index in [1.54, 1.807) is 14.2 Å². The number of hydrogen-bond donors (Lipinski definition) is 1. The maximum atomic E-state index is 12.4. The molecule has 0 heterocycles. The first kappa shape index (κ1) is 24.7. The highest BCUT2D eigenvalue weighted by molar-refractivity contribution is 7.18. The van der Waals surface area contributed by atoms with Gasteiger partial charge in [0, 0.05) is 5.28 Å². The Labute approximate surface area is 173 Å². The monoisotopic (exact) mass is 411 g/mol. The van der Waals surface area contributed by atoms with E-state index in [0.717, 1.165) is 18.4 Å². The molecule has 1 aliphatic carbocycles. The summed E-state index contributed by atoms with van der Waals surface area (Å²) in [5.74, 6) is 0.982. The molecule has 0 saturated heterocycles. The summed E-state index contributed by atoms with van der Waals surface area (Å²) in [6.45, 7) is 6.34. The quantitative estimate of drug-likeness (QED) is 0.394. The molecule has 1 fully saturated rings. The standard InChI is InChI=1S/C19H30NO4P.C3H8/c1-14-11-15(22-2)18(16(12-14)23-3)24-17(21)13-20-19(25)9-7-5-4-6-8-10-19;1-3-2/h11-12,20H,4-10,13,25H2,1-3H3;3H2,1-2H3. The van der Waals surface area contributed by atoms with Crippen molar-refractivity contribution in [3.8, 4) is 17.2 Å². The topological polar surface area (TPSA) is 56.8 Å². The summed E-state index contributed by atoms with van der Waals surface area (Å²) in [6.07, 6.45) is 9.58. The third-order valence-corrected chi connectivity index (χ3v) is 5.43. The van der Waals surface area contributed by atoms with Crippen molar-refractivity contribution in [1.82, 2.24) is 5.32 Å². The summed E-state index contributed by atoms with van der Waals surface area (Å²) in [7, 11) is 6.01. The molecule has 0 amide bonds. The fourth-order valence-electron chi connectivity index (χ4n) is 3.22. The van der Waals surface area contributed by atoms with E-state index in [0.29, 0.717) is 17.2 Å². The summed E-state index contributed by atoms with van der Waals surface area (Å²) in [5, 5.41) is 3.30. The van der Waals surface area contributed by atoms with Gasteiger partial charge in [-0.3, -0.25) is 10.1 Å². The number of methoxy groups -OCH3 is 2. The molecular weight excluding hydrogens is 373 g/mol. The van der Waals surface area contributed by atoms with E-state index in [2.05, 4.69) is 28.4 Å². The SMILES string of the molecule is CCC.COc1cc(C)cc(OC)c1OC(=O)CNC1(P)CCCCCCC1. The van der Waals surface area contributed by atoms with Crippen molar-refractivity contribution in [1.29, 1.82) is 0 Å².